The summed E-state index contributed by atoms with van der Waals surface area (Å²) in [7, 11) is -3.49. The van der Waals surface area contributed by atoms with E-state index in [1.807, 2.05) is 30.9 Å². The molecule has 6 nitrogen and oxygen atoms in total. The Bertz CT molecular complexity index is 731. The molecule has 1 atom stereocenters. The molecule has 7 heteroatoms. The highest BCUT2D eigenvalue weighted by Gasteiger charge is 2.29. The molecule has 152 valence electrons. The highest BCUT2D eigenvalue weighted by atomic mass is 32.2. The Morgan fingerprint density at radius 1 is 1.11 bits per heavy atom. The van der Waals surface area contributed by atoms with Crippen LogP contribution in [0.1, 0.15) is 46.6 Å². The maximum Gasteiger partial charge on any atom is 0.243 e. The van der Waals surface area contributed by atoms with Crippen LogP contribution in [0.15, 0.2) is 29.2 Å². The molecule has 0 unspecified atom stereocenters. The lowest BCUT2D eigenvalue weighted by atomic mass is 9.87. The second-order valence-electron chi connectivity index (χ2n) is 8.33. The molecule has 1 amide bonds. The van der Waals surface area contributed by atoms with Gasteiger partial charge in [-0.3, -0.25) is 9.69 Å². The predicted molar refractivity (Wildman–Crippen MR) is 108 cm³/mol. The van der Waals surface area contributed by atoms with Gasteiger partial charge in [0.25, 0.3) is 0 Å². The highest BCUT2D eigenvalue weighted by Crippen LogP contribution is 2.25. The van der Waals surface area contributed by atoms with Crippen LogP contribution in [0, 0.1) is 0 Å². The molecule has 0 aliphatic carbocycles. The van der Waals surface area contributed by atoms with Gasteiger partial charge in [0, 0.05) is 32.2 Å². The Labute approximate surface area is 164 Å². The molecule has 0 radical (unpaired) electrons. The number of carbonyl (C=O) groups is 1. The lowest BCUT2D eigenvalue weighted by Crippen LogP contribution is -2.51. The molecule has 0 aromatic heterocycles. The Kier molecular flexibility index (Phi) is 7.05. The van der Waals surface area contributed by atoms with Crippen molar-refractivity contribution in [3.63, 3.8) is 0 Å². The summed E-state index contributed by atoms with van der Waals surface area (Å²) in [5, 5.41) is 2.95. The van der Waals surface area contributed by atoms with E-state index in [1.165, 1.54) is 4.31 Å². The van der Waals surface area contributed by atoms with Gasteiger partial charge in [-0.15, -0.1) is 0 Å². The first-order chi connectivity index (χ1) is 12.5. The number of sulfonamides is 1. The molecule has 1 aromatic rings. The quantitative estimate of drug-likeness (QED) is 0.802. The fraction of sp³-hybridized carbons (Fsp3) is 0.650. The van der Waals surface area contributed by atoms with Crippen LogP contribution in [0.4, 0.5) is 0 Å². The normalized spacial score (nSPS) is 18.3. The number of nitrogens with zero attached hydrogens (tertiary/aromatic N) is 2. The molecule has 27 heavy (non-hydrogen) atoms. The van der Waals surface area contributed by atoms with Crippen molar-refractivity contribution < 1.29 is 13.2 Å². The molecule has 1 aliphatic rings. The number of hydrogen-bond donors (Lipinski definition) is 1. The molecular formula is C20H33N3O3S. The number of hydrogen-bond acceptors (Lipinski definition) is 4. The van der Waals surface area contributed by atoms with Crippen LogP contribution in [0.5, 0.6) is 0 Å². The van der Waals surface area contributed by atoms with Gasteiger partial charge in [0.05, 0.1) is 11.4 Å². The number of rotatable bonds is 6. The molecule has 1 aliphatic heterocycles. The second kappa shape index (κ2) is 8.71. The third-order valence-corrected chi connectivity index (χ3v) is 6.99. The lowest BCUT2D eigenvalue weighted by molar-refractivity contribution is -0.123. The lowest BCUT2D eigenvalue weighted by Gasteiger charge is -2.33. The van der Waals surface area contributed by atoms with Gasteiger partial charge in [0.15, 0.2) is 0 Å². The monoisotopic (exact) mass is 395 g/mol. The van der Waals surface area contributed by atoms with Gasteiger partial charge in [-0.2, -0.15) is 4.31 Å². The summed E-state index contributed by atoms with van der Waals surface area (Å²) in [4.78, 5) is 14.3. The van der Waals surface area contributed by atoms with Gasteiger partial charge in [0.1, 0.15) is 0 Å². The molecule has 1 aromatic carbocycles. The molecular weight excluding hydrogens is 362 g/mol. The van der Waals surface area contributed by atoms with E-state index in [-0.39, 0.29) is 17.4 Å². The largest absolute Gasteiger partial charge is 0.353 e. The standard InChI is InChI=1S/C20H33N3O3S/c1-6-16(2)21-19(24)15-22-11-13-23(14-12-22)27(25,26)18-9-7-17(8-10-18)20(3,4)5/h7-10,16H,6,11-15H2,1-5H3,(H,21,24)/t16-/m0/s1. The van der Waals surface area contributed by atoms with Gasteiger partial charge in [0.2, 0.25) is 15.9 Å². The summed E-state index contributed by atoms with van der Waals surface area (Å²) in [6, 6.07) is 7.34. The van der Waals surface area contributed by atoms with Crippen LogP contribution in [-0.2, 0) is 20.2 Å². The molecule has 0 saturated carbocycles. The minimum atomic E-state index is -3.49. The average molecular weight is 396 g/mol. The highest BCUT2D eigenvalue weighted by molar-refractivity contribution is 7.89. The van der Waals surface area contributed by atoms with Crippen LogP contribution in [-0.4, -0.2) is 62.3 Å². The number of nitrogens with one attached hydrogen (secondary N) is 1. The van der Waals surface area contributed by atoms with Crippen LogP contribution in [0.25, 0.3) is 0 Å². The Balaban J connectivity index is 1.95. The average Bonchev–Trinajstić information content (AvgIpc) is 2.61. The topological polar surface area (TPSA) is 69.7 Å². The van der Waals surface area contributed by atoms with Crippen molar-refractivity contribution in [3.8, 4) is 0 Å². The summed E-state index contributed by atoms with van der Waals surface area (Å²) in [5.74, 6) is -0.00146. The van der Waals surface area contributed by atoms with Crippen LogP contribution < -0.4 is 5.32 Å². The van der Waals surface area contributed by atoms with Gasteiger partial charge in [-0.25, -0.2) is 8.42 Å². The van der Waals surface area contributed by atoms with Gasteiger partial charge in [-0.1, -0.05) is 39.8 Å². The number of piperazine rings is 1. The molecule has 1 N–H and O–H groups in total. The molecule has 1 saturated heterocycles. The number of benzene rings is 1. The van der Waals surface area contributed by atoms with Crippen molar-refractivity contribution in [2.24, 2.45) is 0 Å². The number of carbonyl (C=O) groups excluding carboxylic acids is 1. The molecule has 0 spiro atoms. The zero-order valence-corrected chi connectivity index (χ0v) is 18.0. The third kappa shape index (κ3) is 5.77. The van der Waals surface area contributed by atoms with Crippen molar-refractivity contribution in [1.82, 2.24) is 14.5 Å². The van der Waals surface area contributed by atoms with Crippen molar-refractivity contribution >= 4 is 15.9 Å². The zero-order valence-electron chi connectivity index (χ0n) is 17.2. The van der Waals surface area contributed by atoms with Gasteiger partial charge >= 0.3 is 0 Å². The first-order valence-electron chi connectivity index (χ1n) is 9.66. The predicted octanol–water partition coefficient (Wildman–Crippen LogP) is 2.21. The van der Waals surface area contributed by atoms with Gasteiger partial charge in [-0.05, 0) is 36.5 Å². The first kappa shape index (κ1) is 21.9. The van der Waals surface area contributed by atoms with E-state index in [1.54, 1.807) is 12.1 Å². The maximum atomic E-state index is 12.9. The minimum Gasteiger partial charge on any atom is -0.353 e. The van der Waals surface area contributed by atoms with Crippen molar-refractivity contribution in [3.05, 3.63) is 29.8 Å². The third-order valence-electron chi connectivity index (χ3n) is 5.08. The van der Waals surface area contributed by atoms with E-state index in [4.69, 9.17) is 0 Å². The Morgan fingerprint density at radius 3 is 2.15 bits per heavy atom. The van der Waals surface area contributed by atoms with Crippen LogP contribution >= 0.6 is 0 Å². The van der Waals surface area contributed by atoms with E-state index in [2.05, 4.69) is 26.1 Å². The fourth-order valence-electron chi connectivity index (χ4n) is 3.03. The fourth-order valence-corrected chi connectivity index (χ4v) is 4.45. The smallest absolute Gasteiger partial charge is 0.243 e. The Morgan fingerprint density at radius 2 is 1.67 bits per heavy atom. The summed E-state index contributed by atoms with van der Waals surface area (Å²) >= 11 is 0. The van der Waals surface area contributed by atoms with E-state index in [0.29, 0.717) is 37.6 Å². The second-order valence-corrected chi connectivity index (χ2v) is 10.3. The van der Waals surface area contributed by atoms with Crippen molar-refractivity contribution in [1.29, 1.82) is 0 Å². The molecule has 0 bridgehead atoms. The molecule has 2 rings (SSSR count). The van der Waals surface area contributed by atoms with Crippen molar-refractivity contribution in [2.75, 3.05) is 32.7 Å². The summed E-state index contributed by atoms with van der Waals surface area (Å²) in [6.45, 7) is 12.6. The van der Waals surface area contributed by atoms with Crippen LogP contribution in [0.3, 0.4) is 0 Å². The van der Waals surface area contributed by atoms with E-state index in [9.17, 15) is 13.2 Å². The molecule has 1 heterocycles. The van der Waals surface area contributed by atoms with Gasteiger partial charge < -0.3 is 5.32 Å². The summed E-state index contributed by atoms with van der Waals surface area (Å²) in [5.41, 5.74) is 1.10. The van der Waals surface area contributed by atoms with Crippen molar-refractivity contribution in [2.45, 2.75) is 57.4 Å². The minimum absolute atomic E-state index is 0.00146. The van der Waals surface area contributed by atoms with E-state index >= 15 is 0 Å². The summed E-state index contributed by atoms with van der Waals surface area (Å²) < 4.78 is 27.3. The SMILES string of the molecule is CC[C@H](C)NC(=O)CN1CCN(S(=O)(=O)c2ccc(C(C)(C)C)cc2)CC1. The van der Waals surface area contributed by atoms with Crippen LogP contribution in [0.2, 0.25) is 0 Å². The first-order valence-corrected chi connectivity index (χ1v) is 11.1. The van der Waals surface area contributed by atoms with E-state index in [0.717, 1.165) is 12.0 Å². The summed E-state index contributed by atoms with van der Waals surface area (Å²) in [6.07, 6.45) is 0.895. The number of amides is 1. The van der Waals surface area contributed by atoms with E-state index < -0.39 is 10.0 Å². The molecule has 1 fully saturated rings. The maximum absolute atomic E-state index is 12.9. The zero-order chi connectivity index (χ0) is 20.2. The Hall–Kier alpha value is -1.44.